The van der Waals surface area contributed by atoms with Gasteiger partial charge in [0, 0.05) is 12.6 Å². The Bertz CT molecular complexity index is 782. The van der Waals surface area contributed by atoms with Crippen molar-refractivity contribution in [3.8, 4) is 11.5 Å². The van der Waals surface area contributed by atoms with E-state index >= 15 is 0 Å². The molecule has 0 saturated carbocycles. The van der Waals surface area contributed by atoms with Crippen LogP contribution in [-0.4, -0.2) is 24.5 Å². The molecule has 3 rings (SSSR count). The molecule has 0 radical (unpaired) electrons. The normalized spacial score (nSPS) is 16.7. The molecule has 1 aliphatic heterocycles. The van der Waals surface area contributed by atoms with Gasteiger partial charge in [0.25, 0.3) is 0 Å². The van der Waals surface area contributed by atoms with Crippen molar-refractivity contribution in [3.05, 3.63) is 54.3 Å². The molecule has 7 heteroatoms. The van der Waals surface area contributed by atoms with Crippen molar-refractivity contribution >= 4 is 17.6 Å². The third-order valence-corrected chi connectivity index (χ3v) is 3.75. The summed E-state index contributed by atoms with van der Waals surface area (Å²) in [6.07, 6.45) is 1.41. The Labute approximate surface area is 144 Å². The van der Waals surface area contributed by atoms with Crippen LogP contribution in [-0.2, 0) is 4.79 Å². The van der Waals surface area contributed by atoms with Crippen molar-refractivity contribution in [2.45, 2.75) is 18.9 Å². The molecular weight excluding hydrogens is 325 g/mol. The first-order chi connectivity index (χ1) is 12.1. The van der Waals surface area contributed by atoms with E-state index in [0.717, 1.165) is 6.42 Å². The monoisotopic (exact) mass is 343 g/mol. The maximum absolute atomic E-state index is 13.3. The van der Waals surface area contributed by atoms with Crippen molar-refractivity contribution < 1.29 is 18.7 Å². The molecule has 130 valence electrons. The maximum Gasteiger partial charge on any atom is 0.319 e. The van der Waals surface area contributed by atoms with Crippen LogP contribution in [0.25, 0.3) is 0 Å². The average molecular weight is 343 g/mol. The van der Waals surface area contributed by atoms with Gasteiger partial charge in [-0.3, -0.25) is 4.79 Å². The number of hydrogen-bond acceptors (Lipinski definition) is 3. The zero-order valence-electron chi connectivity index (χ0n) is 13.4. The summed E-state index contributed by atoms with van der Waals surface area (Å²) in [6.45, 7) is 0.628. The Hall–Kier alpha value is -3.09. The highest BCUT2D eigenvalue weighted by molar-refractivity contribution is 5.95. The maximum atomic E-state index is 13.3. The van der Waals surface area contributed by atoms with E-state index in [0.29, 0.717) is 30.2 Å². The number of amides is 3. The van der Waals surface area contributed by atoms with Gasteiger partial charge >= 0.3 is 6.03 Å². The highest BCUT2D eigenvalue weighted by atomic mass is 19.1. The Morgan fingerprint density at radius 1 is 1.20 bits per heavy atom. The molecular formula is C18H18FN3O3. The fourth-order valence-electron chi connectivity index (χ4n) is 2.54. The van der Waals surface area contributed by atoms with Gasteiger partial charge in [-0.1, -0.05) is 18.2 Å². The Kier molecular flexibility index (Phi) is 5.13. The molecule has 0 aromatic heterocycles. The van der Waals surface area contributed by atoms with E-state index in [1.165, 1.54) is 18.2 Å². The second kappa shape index (κ2) is 7.65. The first kappa shape index (κ1) is 16.8. The Balaban J connectivity index is 1.68. The van der Waals surface area contributed by atoms with Crippen molar-refractivity contribution in [2.75, 3.05) is 11.9 Å². The number of hydrogen-bond donors (Lipinski definition) is 3. The van der Waals surface area contributed by atoms with Gasteiger partial charge < -0.3 is 20.7 Å². The molecule has 2 aromatic rings. The number of carbonyl (C=O) groups excluding carboxylic acids is 2. The highest BCUT2D eigenvalue weighted by Crippen LogP contribution is 2.29. The number of urea groups is 1. The number of benzene rings is 2. The van der Waals surface area contributed by atoms with Crippen molar-refractivity contribution in [1.29, 1.82) is 0 Å². The second-order valence-corrected chi connectivity index (χ2v) is 5.64. The van der Waals surface area contributed by atoms with E-state index in [9.17, 15) is 14.0 Å². The van der Waals surface area contributed by atoms with Crippen LogP contribution in [0.1, 0.15) is 12.8 Å². The lowest BCUT2D eigenvalue weighted by Gasteiger charge is -2.23. The molecule has 1 heterocycles. The number of rotatable bonds is 4. The number of carbonyl (C=O) groups is 2. The van der Waals surface area contributed by atoms with Crippen LogP contribution in [0.5, 0.6) is 11.5 Å². The minimum absolute atomic E-state index is 0.189. The first-order valence-corrected chi connectivity index (χ1v) is 7.99. The molecule has 3 amide bonds. The van der Waals surface area contributed by atoms with Crippen LogP contribution in [0.15, 0.2) is 48.5 Å². The summed E-state index contributed by atoms with van der Waals surface area (Å²) in [5.74, 6) is 0.0901. The van der Waals surface area contributed by atoms with Crippen LogP contribution in [0.4, 0.5) is 14.9 Å². The molecule has 0 aliphatic carbocycles. The number of para-hydroxylation sites is 2. The fraction of sp³-hybridized carbons (Fsp3) is 0.222. The molecule has 0 bridgehead atoms. The quantitative estimate of drug-likeness (QED) is 0.798. The lowest BCUT2D eigenvalue weighted by Crippen LogP contribution is -2.51. The molecule has 6 nitrogen and oxygen atoms in total. The largest absolute Gasteiger partial charge is 0.455 e. The first-order valence-electron chi connectivity index (χ1n) is 7.99. The van der Waals surface area contributed by atoms with Gasteiger partial charge in [-0.25, -0.2) is 9.18 Å². The summed E-state index contributed by atoms with van der Waals surface area (Å²) in [6, 6.07) is 11.5. The molecule has 2 aromatic carbocycles. The third-order valence-electron chi connectivity index (χ3n) is 3.75. The van der Waals surface area contributed by atoms with Crippen LogP contribution < -0.4 is 20.7 Å². The van der Waals surface area contributed by atoms with Crippen LogP contribution in [0.3, 0.4) is 0 Å². The molecule has 1 aliphatic rings. The van der Waals surface area contributed by atoms with Crippen LogP contribution in [0, 0.1) is 5.82 Å². The van der Waals surface area contributed by atoms with Gasteiger partial charge in [0.1, 0.15) is 17.6 Å². The molecule has 0 spiro atoms. The molecule has 25 heavy (non-hydrogen) atoms. The third kappa shape index (κ3) is 4.47. The van der Waals surface area contributed by atoms with E-state index in [1.54, 1.807) is 30.3 Å². The summed E-state index contributed by atoms with van der Waals surface area (Å²) in [4.78, 5) is 23.9. The zero-order chi connectivity index (χ0) is 17.6. The number of nitrogens with one attached hydrogen (secondary N) is 3. The summed E-state index contributed by atoms with van der Waals surface area (Å²) < 4.78 is 18.9. The van der Waals surface area contributed by atoms with Gasteiger partial charge in [-0.2, -0.15) is 0 Å². The van der Waals surface area contributed by atoms with Crippen molar-refractivity contribution in [2.24, 2.45) is 0 Å². The molecule has 0 unspecified atom stereocenters. The number of halogens is 1. The standard InChI is InChI=1S/C18H18FN3O3/c19-12-5-3-6-13(11-12)25-16-9-2-1-7-14(16)21-18(24)22-15-8-4-10-20-17(15)23/h1-3,5-7,9,11,15H,4,8,10H2,(H,20,23)(H2,21,22,24)/t15-/m0/s1. The van der Waals surface area contributed by atoms with Gasteiger partial charge in [0.15, 0.2) is 5.75 Å². The summed E-state index contributed by atoms with van der Waals surface area (Å²) in [5.41, 5.74) is 0.417. The van der Waals surface area contributed by atoms with Gasteiger partial charge in [-0.05, 0) is 37.1 Å². The minimum Gasteiger partial charge on any atom is -0.455 e. The van der Waals surface area contributed by atoms with E-state index in [4.69, 9.17) is 4.74 Å². The van der Waals surface area contributed by atoms with Gasteiger partial charge in [0.05, 0.1) is 5.69 Å². The lowest BCUT2D eigenvalue weighted by atomic mass is 10.1. The van der Waals surface area contributed by atoms with Gasteiger partial charge in [-0.15, -0.1) is 0 Å². The van der Waals surface area contributed by atoms with Gasteiger partial charge in [0.2, 0.25) is 5.91 Å². The molecule has 1 saturated heterocycles. The van der Waals surface area contributed by atoms with E-state index in [-0.39, 0.29) is 5.91 Å². The predicted molar refractivity (Wildman–Crippen MR) is 91.1 cm³/mol. The smallest absolute Gasteiger partial charge is 0.319 e. The topological polar surface area (TPSA) is 79.5 Å². The van der Waals surface area contributed by atoms with Crippen LogP contribution in [0.2, 0.25) is 0 Å². The number of anilines is 1. The number of ether oxygens (including phenoxy) is 1. The fourth-order valence-corrected chi connectivity index (χ4v) is 2.54. The minimum atomic E-state index is -0.551. The Morgan fingerprint density at radius 3 is 2.84 bits per heavy atom. The molecule has 1 fully saturated rings. The number of piperidine rings is 1. The molecule has 3 N–H and O–H groups in total. The SMILES string of the molecule is O=C(Nc1ccccc1Oc1cccc(F)c1)N[C@H]1CCCNC1=O. The summed E-state index contributed by atoms with van der Waals surface area (Å²) in [5, 5.41) is 8.01. The van der Waals surface area contributed by atoms with Crippen LogP contribution >= 0.6 is 0 Å². The predicted octanol–water partition coefficient (Wildman–Crippen LogP) is 3.02. The summed E-state index contributed by atoms with van der Waals surface area (Å²) in [7, 11) is 0. The van der Waals surface area contributed by atoms with Crippen molar-refractivity contribution in [3.63, 3.8) is 0 Å². The lowest BCUT2D eigenvalue weighted by molar-refractivity contribution is -0.124. The van der Waals surface area contributed by atoms with E-state index in [2.05, 4.69) is 16.0 Å². The summed E-state index contributed by atoms with van der Waals surface area (Å²) >= 11 is 0. The van der Waals surface area contributed by atoms with Crippen molar-refractivity contribution in [1.82, 2.24) is 10.6 Å². The second-order valence-electron chi connectivity index (χ2n) is 5.64. The van der Waals surface area contributed by atoms with E-state index in [1.807, 2.05) is 0 Å². The Morgan fingerprint density at radius 2 is 2.04 bits per heavy atom. The molecule has 1 atom stereocenters. The zero-order valence-corrected chi connectivity index (χ0v) is 13.4. The highest BCUT2D eigenvalue weighted by Gasteiger charge is 2.23. The van der Waals surface area contributed by atoms with E-state index < -0.39 is 17.9 Å². The average Bonchev–Trinajstić information content (AvgIpc) is 2.59.